The van der Waals surface area contributed by atoms with Crippen LogP contribution in [0, 0.1) is 0 Å². The summed E-state index contributed by atoms with van der Waals surface area (Å²) in [6.07, 6.45) is 2.95. The van der Waals surface area contributed by atoms with Crippen LogP contribution in [-0.2, 0) is 13.0 Å². The van der Waals surface area contributed by atoms with E-state index in [1.165, 1.54) is 11.3 Å². The van der Waals surface area contributed by atoms with Gasteiger partial charge >= 0.3 is 0 Å². The summed E-state index contributed by atoms with van der Waals surface area (Å²) in [4.78, 5) is 0. The third kappa shape index (κ3) is 3.45. The van der Waals surface area contributed by atoms with E-state index in [1.807, 2.05) is 23.0 Å². The molecule has 3 nitrogen and oxygen atoms in total. The van der Waals surface area contributed by atoms with Gasteiger partial charge in [0.05, 0.1) is 11.9 Å². The van der Waals surface area contributed by atoms with E-state index in [1.54, 1.807) is 0 Å². The van der Waals surface area contributed by atoms with Crippen LogP contribution in [0.3, 0.4) is 0 Å². The lowest BCUT2D eigenvalue weighted by molar-refractivity contribution is 0.586. The average molecular weight is 322 g/mol. The Morgan fingerprint density at radius 3 is 2.53 bits per heavy atom. The van der Waals surface area contributed by atoms with Gasteiger partial charge in [-0.2, -0.15) is 5.10 Å². The number of hydrogen-bond donors (Lipinski definition) is 1. The minimum absolute atomic E-state index is 0.487. The van der Waals surface area contributed by atoms with Crippen molar-refractivity contribution < 1.29 is 0 Å². The van der Waals surface area contributed by atoms with Gasteiger partial charge in [-0.15, -0.1) is 0 Å². The van der Waals surface area contributed by atoms with Gasteiger partial charge in [0, 0.05) is 28.3 Å². The normalized spacial score (nSPS) is 11.2. The van der Waals surface area contributed by atoms with Crippen molar-refractivity contribution in [1.29, 1.82) is 0 Å². The Hall–Kier alpha value is -1.13. The summed E-state index contributed by atoms with van der Waals surface area (Å²) < 4.78 is 3.12. The zero-order chi connectivity index (χ0) is 13.8. The maximum atomic E-state index is 4.53. The first-order chi connectivity index (χ1) is 9.11. The number of hydrogen-bond acceptors (Lipinski definition) is 2. The highest BCUT2D eigenvalue weighted by Gasteiger charge is 2.10. The Bertz CT molecular complexity index is 529. The fraction of sp³-hybridized carbons (Fsp3) is 0.400. The van der Waals surface area contributed by atoms with Crippen LogP contribution in [0.5, 0.6) is 0 Å². The maximum Gasteiger partial charge on any atom is 0.0649 e. The summed E-state index contributed by atoms with van der Waals surface area (Å²) in [7, 11) is 0. The van der Waals surface area contributed by atoms with Gasteiger partial charge in [0.25, 0.3) is 0 Å². The number of halogens is 1. The van der Waals surface area contributed by atoms with Gasteiger partial charge in [-0.1, -0.05) is 36.7 Å². The molecule has 1 aromatic heterocycles. The Balaban J connectivity index is 2.28. The number of nitrogens with one attached hydrogen (secondary N) is 1. The second kappa shape index (κ2) is 6.35. The molecule has 2 aromatic rings. The molecule has 102 valence electrons. The molecule has 1 aromatic carbocycles. The van der Waals surface area contributed by atoms with E-state index < -0.39 is 0 Å². The molecule has 0 fully saturated rings. The van der Waals surface area contributed by atoms with Gasteiger partial charge in [-0.05, 0) is 30.7 Å². The molecule has 0 radical (unpaired) electrons. The molecule has 0 amide bonds. The highest BCUT2D eigenvalue weighted by atomic mass is 79.9. The largest absolute Gasteiger partial charge is 0.310 e. The van der Waals surface area contributed by atoms with E-state index >= 15 is 0 Å². The van der Waals surface area contributed by atoms with Gasteiger partial charge in [0.15, 0.2) is 0 Å². The molecule has 0 spiro atoms. The monoisotopic (exact) mass is 321 g/mol. The molecule has 4 heteroatoms. The summed E-state index contributed by atoms with van der Waals surface area (Å²) >= 11 is 3.46. The molecule has 19 heavy (non-hydrogen) atoms. The van der Waals surface area contributed by atoms with Crippen molar-refractivity contribution in [2.45, 2.75) is 39.8 Å². The zero-order valence-corrected chi connectivity index (χ0v) is 13.2. The molecule has 0 saturated heterocycles. The fourth-order valence-electron chi connectivity index (χ4n) is 2.05. The predicted octanol–water partition coefficient (Wildman–Crippen LogP) is 3.70. The van der Waals surface area contributed by atoms with Gasteiger partial charge in [0.1, 0.15) is 0 Å². The van der Waals surface area contributed by atoms with E-state index in [0.29, 0.717) is 6.04 Å². The second-order valence-electron chi connectivity index (χ2n) is 4.89. The molecule has 0 unspecified atom stereocenters. The summed E-state index contributed by atoms with van der Waals surface area (Å²) in [5.74, 6) is 0. The molecular weight excluding hydrogens is 302 g/mol. The van der Waals surface area contributed by atoms with Crippen molar-refractivity contribution in [3.63, 3.8) is 0 Å². The van der Waals surface area contributed by atoms with Crippen LogP contribution >= 0.6 is 15.9 Å². The van der Waals surface area contributed by atoms with Crippen LogP contribution in [0.15, 0.2) is 34.9 Å². The molecule has 0 bridgehead atoms. The van der Waals surface area contributed by atoms with E-state index in [4.69, 9.17) is 0 Å². The third-order valence-electron chi connectivity index (χ3n) is 3.06. The molecule has 0 atom stereocenters. The van der Waals surface area contributed by atoms with Crippen LogP contribution in [0.25, 0.3) is 5.69 Å². The van der Waals surface area contributed by atoms with E-state index in [2.05, 4.69) is 59.2 Å². The third-order valence-corrected chi connectivity index (χ3v) is 3.59. The highest BCUT2D eigenvalue weighted by molar-refractivity contribution is 9.10. The van der Waals surface area contributed by atoms with Crippen molar-refractivity contribution in [3.05, 3.63) is 46.2 Å². The van der Waals surface area contributed by atoms with Crippen molar-refractivity contribution in [1.82, 2.24) is 15.1 Å². The first kappa shape index (κ1) is 14.3. The summed E-state index contributed by atoms with van der Waals surface area (Å²) in [5, 5.41) is 7.98. The van der Waals surface area contributed by atoms with E-state index in [0.717, 1.165) is 23.1 Å². The summed E-state index contributed by atoms with van der Waals surface area (Å²) in [5.41, 5.74) is 3.66. The number of rotatable bonds is 5. The Morgan fingerprint density at radius 1 is 1.26 bits per heavy atom. The van der Waals surface area contributed by atoms with Gasteiger partial charge in [-0.25, -0.2) is 4.68 Å². The lowest BCUT2D eigenvalue weighted by Crippen LogP contribution is -2.22. The molecule has 0 aliphatic rings. The maximum absolute atomic E-state index is 4.53. The fourth-order valence-corrected chi connectivity index (χ4v) is 2.32. The van der Waals surface area contributed by atoms with Crippen LogP contribution in [0.2, 0.25) is 0 Å². The van der Waals surface area contributed by atoms with E-state index in [-0.39, 0.29) is 0 Å². The van der Waals surface area contributed by atoms with Crippen LogP contribution in [-0.4, -0.2) is 15.8 Å². The Labute approximate surface area is 123 Å². The van der Waals surface area contributed by atoms with Gasteiger partial charge < -0.3 is 5.32 Å². The van der Waals surface area contributed by atoms with Crippen molar-refractivity contribution in [2.75, 3.05) is 0 Å². The summed E-state index contributed by atoms with van der Waals surface area (Å²) in [6, 6.07) is 8.73. The molecule has 1 N–H and O–H groups in total. The predicted molar refractivity (Wildman–Crippen MR) is 82.6 cm³/mol. The summed E-state index contributed by atoms with van der Waals surface area (Å²) in [6.45, 7) is 7.36. The molecule has 0 aliphatic heterocycles. The minimum atomic E-state index is 0.487. The van der Waals surface area contributed by atoms with E-state index in [9.17, 15) is 0 Å². The van der Waals surface area contributed by atoms with Gasteiger partial charge in [0.2, 0.25) is 0 Å². The molecular formula is C15H20BrN3. The number of benzene rings is 1. The number of nitrogens with zero attached hydrogens (tertiary/aromatic N) is 2. The average Bonchev–Trinajstić information content (AvgIpc) is 2.80. The minimum Gasteiger partial charge on any atom is -0.310 e. The molecule has 1 heterocycles. The van der Waals surface area contributed by atoms with Crippen LogP contribution < -0.4 is 5.32 Å². The first-order valence-corrected chi connectivity index (χ1v) is 7.46. The second-order valence-corrected chi connectivity index (χ2v) is 5.81. The van der Waals surface area contributed by atoms with Crippen LogP contribution in [0.1, 0.15) is 32.0 Å². The Morgan fingerprint density at radius 2 is 1.95 bits per heavy atom. The molecule has 0 saturated carbocycles. The lowest BCUT2D eigenvalue weighted by atomic mass is 10.2. The first-order valence-electron chi connectivity index (χ1n) is 6.67. The Kier molecular flexibility index (Phi) is 4.77. The lowest BCUT2D eigenvalue weighted by Gasteiger charge is -2.10. The highest BCUT2D eigenvalue weighted by Crippen LogP contribution is 2.18. The topological polar surface area (TPSA) is 29.9 Å². The van der Waals surface area contributed by atoms with Crippen LogP contribution in [0.4, 0.5) is 0 Å². The van der Waals surface area contributed by atoms with Crippen molar-refractivity contribution >= 4 is 15.9 Å². The van der Waals surface area contributed by atoms with Crippen molar-refractivity contribution in [2.24, 2.45) is 0 Å². The smallest absolute Gasteiger partial charge is 0.0649 e. The standard InChI is InChI=1S/C15H20BrN3/c1-4-15-12(9-17-11(2)3)10-18-19(15)14-7-5-13(16)6-8-14/h5-8,10-11,17H,4,9H2,1-3H3. The molecule has 0 aliphatic carbocycles. The molecule has 2 rings (SSSR count). The SMILES string of the molecule is CCc1c(CNC(C)C)cnn1-c1ccc(Br)cc1. The number of aromatic nitrogens is 2. The quantitative estimate of drug-likeness (QED) is 0.910. The van der Waals surface area contributed by atoms with Gasteiger partial charge in [-0.3, -0.25) is 0 Å². The zero-order valence-electron chi connectivity index (χ0n) is 11.7. The van der Waals surface area contributed by atoms with Crippen molar-refractivity contribution in [3.8, 4) is 5.69 Å².